The number of thioether (sulfide) groups is 1. The van der Waals surface area contributed by atoms with Crippen LogP contribution in [-0.2, 0) is 4.74 Å². The molecule has 0 aromatic heterocycles. The Morgan fingerprint density at radius 3 is 2.36 bits per heavy atom. The molecule has 2 aliphatic heterocycles. The van der Waals surface area contributed by atoms with Crippen molar-refractivity contribution in [1.29, 1.82) is 0 Å². The first-order valence-electron chi connectivity index (χ1n) is 5.64. The van der Waals surface area contributed by atoms with Crippen molar-refractivity contribution in [1.82, 2.24) is 5.32 Å². The first-order chi connectivity index (χ1) is 6.60. The third-order valence-electron chi connectivity index (χ3n) is 3.12. The van der Waals surface area contributed by atoms with E-state index < -0.39 is 0 Å². The van der Waals surface area contributed by atoms with Crippen LogP contribution < -0.4 is 5.32 Å². The number of hydrogen-bond acceptors (Lipinski definition) is 3. The van der Waals surface area contributed by atoms with E-state index in [1.165, 1.54) is 12.3 Å². The fourth-order valence-electron chi connectivity index (χ4n) is 2.54. The van der Waals surface area contributed by atoms with E-state index in [1.807, 2.05) is 0 Å². The summed E-state index contributed by atoms with van der Waals surface area (Å²) in [5.74, 6) is 2.12. The number of ether oxygens (including phenoxy) is 1. The SMILES string of the molecule is CC1CNC2(CC(C)OC(C)C2)SC1. The summed E-state index contributed by atoms with van der Waals surface area (Å²) in [4.78, 5) is 0.323. The topological polar surface area (TPSA) is 21.3 Å². The van der Waals surface area contributed by atoms with Crippen molar-refractivity contribution in [2.45, 2.75) is 50.7 Å². The molecule has 2 fully saturated rings. The average molecular weight is 215 g/mol. The molecule has 1 spiro atoms. The molecule has 3 atom stereocenters. The Morgan fingerprint density at radius 2 is 1.86 bits per heavy atom. The standard InChI is InChI=1S/C11H21NOS/c1-8-6-12-11(14-7-8)4-9(2)13-10(3)5-11/h8-10,12H,4-7H2,1-3H3. The van der Waals surface area contributed by atoms with Crippen molar-refractivity contribution in [3.63, 3.8) is 0 Å². The summed E-state index contributed by atoms with van der Waals surface area (Å²) >= 11 is 2.11. The van der Waals surface area contributed by atoms with Crippen LogP contribution >= 0.6 is 11.8 Å². The van der Waals surface area contributed by atoms with E-state index >= 15 is 0 Å². The van der Waals surface area contributed by atoms with Gasteiger partial charge < -0.3 is 10.1 Å². The van der Waals surface area contributed by atoms with Gasteiger partial charge in [-0.2, -0.15) is 0 Å². The molecule has 2 heterocycles. The molecule has 2 rings (SSSR count). The minimum absolute atomic E-state index is 0.323. The predicted octanol–water partition coefficient (Wildman–Crippen LogP) is 2.24. The highest BCUT2D eigenvalue weighted by Gasteiger charge is 2.41. The van der Waals surface area contributed by atoms with Gasteiger partial charge in [-0.05, 0) is 32.1 Å². The van der Waals surface area contributed by atoms with Gasteiger partial charge in [0.15, 0.2) is 0 Å². The molecule has 14 heavy (non-hydrogen) atoms. The molecular weight excluding hydrogens is 194 g/mol. The number of hydrogen-bond donors (Lipinski definition) is 1. The largest absolute Gasteiger partial charge is 0.375 e. The lowest BCUT2D eigenvalue weighted by molar-refractivity contribution is -0.0500. The lowest BCUT2D eigenvalue weighted by atomic mass is 9.98. The molecule has 2 aliphatic rings. The van der Waals surface area contributed by atoms with Gasteiger partial charge >= 0.3 is 0 Å². The number of rotatable bonds is 0. The normalized spacial score (nSPS) is 49.5. The fraction of sp³-hybridized carbons (Fsp3) is 1.00. The molecular formula is C11H21NOS. The van der Waals surface area contributed by atoms with Gasteiger partial charge in [0.1, 0.15) is 0 Å². The van der Waals surface area contributed by atoms with Gasteiger partial charge in [0.2, 0.25) is 0 Å². The Kier molecular flexibility index (Phi) is 3.10. The summed E-state index contributed by atoms with van der Waals surface area (Å²) in [5.41, 5.74) is 0. The van der Waals surface area contributed by atoms with Crippen molar-refractivity contribution in [2.75, 3.05) is 12.3 Å². The molecule has 3 unspecified atom stereocenters. The zero-order valence-electron chi connectivity index (χ0n) is 9.38. The summed E-state index contributed by atoms with van der Waals surface area (Å²) in [6, 6.07) is 0. The summed E-state index contributed by atoms with van der Waals surface area (Å²) in [6.07, 6.45) is 3.14. The highest BCUT2D eigenvalue weighted by molar-refractivity contribution is 8.00. The lowest BCUT2D eigenvalue weighted by Crippen LogP contribution is -2.55. The van der Waals surface area contributed by atoms with Crippen LogP contribution in [0.1, 0.15) is 33.6 Å². The molecule has 0 radical (unpaired) electrons. The van der Waals surface area contributed by atoms with Gasteiger partial charge in [0, 0.05) is 12.8 Å². The van der Waals surface area contributed by atoms with Gasteiger partial charge in [-0.3, -0.25) is 0 Å². The molecule has 2 saturated heterocycles. The second-order valence-electron chi connectivity index (χ2n) is 4.96. The van der Waals surface area contributed by atoms with E-state index in [9.17, 15) is 0 Å². The van der Waals surface area contributed by atoms with Gasteiger partial charge in [0.05, 0.1) is 17.1 Å². The van der Waals surface area contributed by atoms with Gasteiger partial charge in [-0.1, -0.05) is 6.92 Å². The maximum atomic E-state index is 5.79. The third kappa shape index (κ3) is 2.26. The highest BCUT2D eigenvalue weighted by Crippen LogP contribution is 2.40. The van der Waals surface area contributed by atoms with Crippen LogP contribution in [0.15, 0.2) is 0 Å². The van der Waals surface area contributed by atoms with Crippen molar-refractivity contribution < 1.29 is 4.74 Å². The van der Waals surface area contributed by atoms with Crippen LogP contribution in [0.3, 0.4) is 0 Å². The molecule has 0 saturated carbocycles. The average Bonchev–Trinajstić information content (AvgIpc) is 2.09. The lowest BCUT2D eigenvalue weighted by Gasteiger charge is -2.46. The Hall–Kier alpha value is 0.270. The molecule has 0 aliphatic carbocycles. The molecule has 3 heteroatoms. The van der Waals surface area contributed by atoms with Gasteiger partial charge in [0.25, 0.3) is 0 Å². The minimum Gasteiger partial charge on any atom is -0.375 e. The Labute approximate surface area is 91.2 Å². The molecule has 0 amide bonds. The van der Waals surface area contributed by atoms with E-state index in [4.69, 9.17) is 4.74 Å². The van der Waals surface area contributed by atoms with Crippen molar-refractivity contribution in [3.05, 3.63) is 0 Å². The van der Waals surface area contributed by atoms with E-state index in [0.717, 1.165) is 18.8 Å². The second-order valence-corrected chi connectivity index (χ2v) is 6.36. The minimum atomic E-state index is 0.323. The Balaban J connectivity index is 2.00. The maximum absolute atomic E-state index is 5.79. The van der Waals surface area contributed by atoms with Gasteiger partial charge in [-0.25, -0.2) is 0 Å². The van der Waals surface area contributed by atoms with E-state index in [2.05, 4.69) is 37.8 Å². The summed E-state index contributed by atoms with van der Waals surface area (Å²) < 4.78 is 5.79. The molecule has 0 aromatic rings. The summed E-state index contributed by atoms with van der Waals surface area (Å²) in [6.45, 7) is 7.88. The quantitative estimate of drug-likeness (QED) is 0.669. The number of nitrogens with one attached hydrogen (secondary N) is 1. The third-order valence-corrected chi connectivity index (χ3v) is 4.88. The fourth-order valence-corrected chi connectivity index (χ4v) is 4.15. The molecule has 0 aromatic carbocycles. The van der Waals surface area contributed by atoms with Crippen LogP contribution in [0.5, 0.6) is 0 Å². The zero-order valence-corrected chi connectivity index (χ0v) is 10.2. The summed E-state index contributed by atoms with van der Waals surface area (Å²) in [5, 5.41) is 3.73. The first kappa shape index (κ1) is 10.8. The van der Waals surface area contributed by atoms with Crippen LogP contribution in [0, 0.1) is 5.92 Å². The van der Waals surface area contributed by atoms with E-state index in [0.29, 0.717) is 17.1 Å². The molecule has 82 valence electrons. The second kappa shape index (κ2) is 4.03. The monoisotopic (exact) mass is 215 g/mol. The smallest absolute Gasteiger partial charge is 0.0694 e. The van der Waals surface area contributed by atoms with Crippen LogP contribution in [0.4, 0.5) is 0 Å². The molecule has 1 N–H and O–H groups in total. The van der Waals surface area contributed by atoms with Crippen LogP contribution in [0.2, 0.25) is 0 Å². The predicted molar refractivity (Wildman–Crippen MR) is 61.6 cm³/mol. The van der Waals surface area contributed by atoms with Crippen molar-refractivity contribution in [3.8, 4) is 0 Å². The van der Waals surface area contributed by atoms with Gasteiger partial charge in [-0.15, -0.1) is 11.8 Å². The Bertz CT molecular complexity index is 189. The molecule has 0 bridgehead atoms. The van der Waals surface area contributed by atoms with Crippen LogP contribution in [-0.4, -0.2) is 29.4 Å². The Morgan fingerprint density at radius 1 is 1.21 bits per heavy atom. The molecule has 2 nitrogen and oxygen atoms in total. The highest BCUT2D eigenvalue weighted by atomic mass is 32.2. The summed E-state index contributed by atoms with van der Waals surface area (Å²) in [7, 11) is 0. The first-order valence-corrected chi connectivity index (χ1v) is 6.63. The van der Waals surface area contributed by atoms with Crippen molar-refractivity contribution in [2.24, 2.45) is 5.92 Å². The van der Waals surface area contributed by atoms with E-state index in [-0.39, 0.29) is 0 Å². The maximum Gasteiger partial charge on any atom is 0.0694 e. The zero-order chi connectivity index (χ0) is 10.2. The van der Waals surface area contributed by atoms with Crippen LogP contribution in [0.25, 0.3) is 0 Å². The van der Waals surface area contributed by atoms with E-state index in [1.54, 1.807) is 0 Å². The van der Waals surface area contributed by atoms with Crippen molar-refractivity contribution >= 4 is 11.8 Å².